The Bertz CT molecular complexity index is 796. The Morgan fingerprint density at radius 3 is 2.46 bits per heavy atom. The highest BCUT2D eigenvalue weighted by atomic mass is 16.6. The van der Waals surface area contributed by atoms with Gasteiger partial charge in [0.15, 0.2) is 0 Å². The highest BCUT2D eigenvalue weighted by Gasteiger charge is 2.17. The molecule has 138 valence electrons. The molecule has 0 heterocycles. The standard InChI is InChI=1S/C20H24N2O4/c1-20(2,3)26-19(25)21-16-9-6-8-15(12-16)18(24)22(4)13-14-7-5-10-17(23)11-14/h5-12,23H,13H2,1-4H3,(H,21,25). The number of phenolic OH excluding ortho intramolecular Hbond substituents is 1. The number of hydrogen-bond donors (Lipinski definition) is 2. The van der Waals surface area contributed by atoms with Crippen molar-refractivity contribution in [3.8, 4) is 5.75 Å². The maximum absolute atomic E-state index is 12.6. The lowest BCUT2D eigenvalue weighted by Gasteiger charge is -2.20. The summed E-state index contributed by atoms with van der Waals surface area (Å²) < 4.78 is 5.21. The molecule has 2 aromatic carbocycles. The summed E-state index contributed by atoms with van der Waals surface area (Å²) >= 11 is 0. The van der Waals surface area contributed by atoms with E-state index in [2.05, 4.69) is 5.32 Å². The van der Waals surface area contributed by atoms with Crippen LogP contribution in [0.3, 0.4) is 0 Å². The summed E-state index contributed by atoms with van der Waals surface area (Å²) in [5.41, 5.74) is 1.15. The minimum absolute atomic E-state index is 0.159. The number of hydrogen-bond acceptors (Lipinski definition) is 4. The molecule has 6 nitrogen and oxygen atoms in total. The van der Waals surface area contributed by atoms with Gasteiger partial charge in [-0.1, -0.05) is 18.2 Å². The summed E-state index contributed by atoms with van der Waals surface area (Å²) in [6.07, 6.45) is -0.574. The number of nitrogens with one attached hydrogen (secondary N) is 1. The van der Waals surface area contributed by atoms with Crippen molar-refractivity contribution in [3.05, 3.63) is 59.7 Å². The van der Waals surface area contributed by atoms with E-state index in [0.29, 0.717) is 17.8 Å². The van der Waals surface area contributed by atoms with E-state index in [-0.39, 0.29) is 11.7 Å². The molecule has 0 spiro atoms. The van der Waals surface area contributed by atoms with E-state index in [1.165, 1.54) is 0 Å². The highest BCUT2D eigenvalue weighted by Crippen LogP contribution is 2.17. The summed E-state index contributed by atoms with van der Waals surface area (Å²) in [6, 6.07) is 13.4. The molecule has 0 saturated heterocycles. The first-order valence-electron chi connectivity index (χ1n) is 8.27. The van der Waals surface area contributed by atoms with Crippen molar-refractivity contribution in [2.45, 2.75) is 32.9 Å². The molecule has 2 N–H and O–H groups in total. The van der Waals surface area contributed by atoms with E-state index in [0.717, 1.165) is 5.56 Å². The third kappa shape index (κ3) is 5.81. The summed E-state index contributed by atoms with van der Waals surface area (Å²) in [5, 5.41) is 12.2. The first-order valence-corrected chi connectivity index (χ1v) is 8.27. The molecule has 0 radical (unpaired) electrons. The van der Waals surface area contributed by atoms with Gasteiger partial charge >= 0.3 is 6.09 Å². The van der Waals surface area contributed by atoms with Crippen LogP contribution in [0.15, 0.2) is 48.5 Å². The predicted octanol–water partition coefficient (Wildman–Crippen LogP) is 4.01. The number of anilines is 1. The Morgan fingerprint density at radius 2 is 1.81 bits per heavy atom. The quantitative estimate of drug-likeness (QED) is 0.867. The van der Waals surface area contributed by atoms with Crippen LogP contribution >= 0.6 is 0 Å². The summed E-state index contributed by atoms with van der Waals surface area (Å²) in [4.78, 5) is 26.0. The second-order valence-electron chi connectivity index (χ2n) is 7.04. The topological polar surface area (TPSA) is 78.9 Å². The van der Waals surface area contributed by atoms with Gasteiger partial charge in [0, 0.05) is 24.8 Å². The molecule has 0 aliphatic carbocycles. The zero-order chi connectivity index (χ0) is 19.3. The van der Waals surface area contributed by atoms with E-state index in [1.54, 1.807) is 75.2 Å². The molecule has 0 aromatic heterocycles. The van der Waals surface area contributed by atoms with Crippen molar-refractivity contribution < 1.29 is 19.4 Å². The van der Waals surface area contributed by atoms with Gasteiger partial charge in [-0.15, -0.1) is 0 Å². The third-order valence-corrected chi connectivity index (χ3v) is 3.43. The lowest BCUT2D eigenvalue weighted by Crippen LogP contribution is -2.28. The van der Waals surface area contributed by atoms with Crippen molar-refractivity contribution in [1.29, 1.82) is 0 Å². The first kappa shape index (κ1) is 19.3. The molecule has 0 fully saturated rings. The Kier molecular flexibility index (Phi) is 5.87. The molecule has 0 aliphatic heterocycles. The molecule has 2 rings (SSSR count). The van der Waals surface area contributed by atoms with E-state index in [9.17, 15) is 14.7 Å². The number of carbonyl (C=O) groups excluding carboxylic acids is 2. The van der Waals surface area contributed by atoms with Crippen molar-refractivity contribution in [2.24, 2.45) is 0 Å². The van der Waals surface area contributed by atoms with Gasteiger partial charge in [0.25, 0.3) is 5.91 Å². The van der Waals surface area contributed by atoms with Crippen LogP contribution in [0.5, 0.6) is 5.75 Å². The second-order valence-corrected chi connectivity index (χ2v) is 7.04. The fourth-order valence-corrected chi connectivity index (χ4v) is 2.37. The van der Waals surface area contributed by atoms with Gasteiger partial charge in [-0.3, -0.25) is 10.1 Å². The maximum Gasteiger partial charge on any atom is 0.412 e. The van der Waals surface area contributed by atoms with Crippen molar-refractivity contribution in [2.75, 3.05) is 12.4 Å². The Labute approximate surface area is 153 Å². The van der Waals surface area contributed by atoms with Gasteiger partial charge in [-0.05, 0) is 56.7 Å². The number of carbonyl (C=O) groups is 2. The Balaban J connectivity index is 2.06. The van der Waals surface area contributed by atoms with Crippen molar-refractivity contribution in [3.63, 3.8) is 0 Å². The second kappa shape index (κ2) is 7.91. The fraction of sp³-hybridized carbons (Fsp3) is 0.300. The molecule has 2 aromatic rings. The third-order valence-electron chi connectivity index (χ3n) is 3.43. The van der Waals surface area contributed by atoms with Gasteiger partial charge in [0.05, 0.1) is 0 Å². The lowest BCUT2D eigenvalue weighted by molar-refractivity contribution is 0.0635. The van der Waals surface area contributed by atoms with Gasteiger partial charge in [-0.2, -0.15) is 0 Å². The van der Waals surface area contributed by atoms with E-state index >= 15 is 0 Å². The van der Waals surface area contributed by atoms with Crippen molar-refractivity contribution >= 4 is 17.7 Å². The van der Waals surface area contributed by atoms with Crippen LogP contribution in [0.1, 0.15) is 36.7 Å². The number of amides is 2. The number of rotatable bonds is 4. The average Bonchev–Trinajstić information content (AvgIpc) is 2.52. The Hall–Kier alpha value is -3.02. The van der Waals surface area contributed by atoms with Crippen LogP contribution in [-0.4, -0.2) is 34.7 Å². The molecule has 0 saturated carbocycles. The first-order chi connectivity index (χ1) is 12.1. The molecule has 2 amide bonds. The summed E-state index contributed by atoms with van der Waals surface area (Å²) in [5.74, 6) is -0.0342. The SMILES string of the molecule is CN(Cc1cccc(O)c1)C(=O)c1cccc(NC(=O)OC(C)(C)C)c1. The minimum Gasteiger partial charge on any atom is -0.508 e. The monoisotopic (exact) mass is 356 g/mol. The lowest BCUT2D eigenvalue weighted by atomic mass is 10.1. The molecule has 6 heteroatoms. The van der Waals surface area contributed by atoms with E-state index < -0.39 is 11.7 Å². The maximum atomic E-state index is 12.6. The molecule has 0 bridgehead atoms. The van der Waals surface area contributed by atoms with Crippen LogP contribution in [0.4, 0.5) is 10.5 Å². The number of ether oxygens (including phenoxy) is 1. The van der Waals surface area contributed by atoms with Gasteiger partial charge in [0.2, 0.25) is 0 Å². The minimum atomic E-state index is -0.598. The van der Waals surface area contributed by atoms with E-state index in [1.807, 2.05) is 6.07 Å². The molecule has 26 heavy (non-hydrogen) atoms. The van der Waals surface area contributed by atoms with Crippen LogP contribution in [0.25, 0.3) is 0 Å². The van der Waals surface area contributed by atoms with E-state index in [4.69, 9.17) is 4.74 Å². The smallest absolute Gasteiger partial charge is 0.412 e. The highest BCUT2D eigenvalue weighted by molar-refractivity contribution is 5.96. The van der Waals surface area contributed by atoms with Crippen molar-refractivity contribution in [1.82, 2.24) is 4.90 Å². The molecule has 0 atom stereocenters. The fourth-order valence-electron chi connectivity index (χ4n) is 2.37. The summed E-state index contributed by atoms with van der Waals surface area (Å²) in [7, 11) is 1.68. The van der Waals surface area contributed by atoms with Gasteiger partial charge in [0.1, 0.15) is 11.4 Å². The molecular weight excluding hydrogens is 332 g/mol. The largest absolute Gasteiger partial charge is 0.508 e. The average molecular weight is 356 g/mol. The number of aromatic hydroxyl groups is 1. The van der Waals surface area contributed by atoms with Gasteiger partial charge < -0.3 is 14.7 Å². The Morgan fingerprint density at radius 1 is 1.12 bits per heavy atom. The molecule has 0 aliphatic rings. The number of phenols is 1. The van der Waals surface area contributed by atoms with Crippen LogP contribution < -0.4 is 5.32 Å². The molecule has 0 unspecified atom stereocenters. The molecular formula is C20H24N2O4. The van der Waals surface area contributed by atoms with Gasteiger partial charge in [-0.25, -0.2) is 4.79 Å². The predicted molar refractivity (Wildman–Crippen MR) is 100 cm³/mol. The summed E-state index contributed by atoms with van der Waals surface area (Å²) in [6.45, 7) is 5.70. The number of nitrogens with zero attached hydrogens (tertiary/aromatic N) is 1. The zero-order valence-electron chi connectivity index (χ0n) is 15.4. The zero-order valence-corrected chi connectivity index (χ0v) is 15.4. The number of benzene rings is 2. The van der Waals surface area contributed by atoms with Crippen LogP contribution in [0.2, 0.25) is 0 Å². The normalized spacial score (nSPS) is 10.9. The van der Waals surface area contributed by atoms with Crippen LogP contribution in [-0.2, 0) is 11.3 Å². The van der Waals surface area contributed by atoms with Crippen LogP contribution in [0, 0.1) is 0 Å².